The van der Waals surface area contributed by atoms with Crippen molar-refractivity contribution in [2.24, 2.45) is 0 Å². The van der Waals surface area contributed by atoms with Gasteiger partial charge < -0.3 is 9.55 Å². The summed E-state index contributed by atoms with van der Waals surface area (Å²) in [7, 11) is 0. The van der Waals surface area contributed by atoms with E-state index in [2.05, 4.69) is 4.98 Å². The lowest BCUT2D eigenvalue weighted by molar-refractivity contribution is 0.626. The monoisotopic (exact) mass is 276 g/mol. The van der Waals surface area contributed by atoms with Crippen molar-refractivity contribution in [3.8, 4) is 0 Å². The highest BCUT2D eigenvalue weighted by atomic mass is 32.1. The molecule has 0 saturated heterocycles. The largest absolute Gasteiger partial charge is 0.328 e. The van der Waals surface area contributed by atoms with Crippen LogP contribution in [0.3, 0.4) is 0 Å². The van der Waals surface area contributed by atoms with E-state index < -0.39 is 0 Å². The van der Waals surface area contributed by atoms with Gasteiger partial charge in [-0.3, -0.25) is 0 Å². The van der Waals surface area contributed by atoms with Crippen molar-refractivity contribution in [1.82, 2.24) is 9.55 Å². The van der Waals surface area contributed by atoms with Crippen LogP contribution in [0.1, 0.15) is 5.56 Å². The first kappa shape index (κ1) is 12.0. The van der Waals surface area contributed by atoms with Gasteiger partial charge in [-0.2, -0.15) is 0 Å². The summed E-state index contributed by atoms with van der Waals surface area (Å²) in [6, 6.07) is 11.0. The maximum Gasteiger partial charge on any atom is 0.178 e. The molecule has 3 aromatic rings. The second-order valence-electron chi connectivity index (χ2n) is 4.28. The molecular formula is C14H10F2N2S. The fourth-order valence-electron chi connectivity index (χ4n) is 2.07. The first-order valence-corrected chi connectivity index (χ1v) is 6.17. The molecule has 0 aliphatic carbocycles. The zero-order chi connectivity index (χ0) is 13.4. The fraction of sp³-hybridized carbons (Fsp3) is 0.0714. The molecule has 0 unspecified atom stereocenters. The molecule has 0 amide bonds. The van der Waals surface area contributed by atoms with E-state index in [1.54, 1.807) is 28.8 Å². The summed E-state index contributed by atoms with van der Waals surface area (Å²) in [5.41, 5.74) is 2.01. The number of halogens is 2. The van der Waals surface area contributed by atoms with Gasteiger partial charge in [0.2, 0.25) is 0 Å². The van der Waals surface area contributed by atoms with Crippen molar-refractivity contribution >= 4 is 23.3 Å². The maximum absolute atomic E-state index is 13.6. The Hall–Kier alpha value is -2.01. The Labute approximate surface area is 113 Å². The number of nitrogens with one attached hydrogen (secondary N) is 1. The molecule has 0 atom stereocenters. The van der Waals surface area contributed by atoms with E-state index in [4.69, 9.17) is 12.2 Å². The molecule has 0 fully saturated rings. The number of aromatic amines is 1. The standard InChI is InChI=1S/C14H10F2N2S/c15-10-6-4-9(5-7-10)8-18-12-3-1-2-11(16)13(12)17-14(18)19/h1-7H,8H2,(H,17,19). The minimum absolute atomic E-state index is 0.280. The summed E-state index contributed by atoms with van der Waals surface area (Å²) in [6.45, 7) is 0.475. The molecule has 1 aromatic heterocycles. The van der Waals surface area contributed by atoms with E-state index in [0.717, 1.165) is 5.56 Å². The summed E-state index contributed by atoms with van der Waals surface area (Å²) >= 11 is 5.20. The van der Waals surface area contributed by atoms with Crippen LogP contribution in [0.25, 0.3) is 11.0 Å². The van der Waals surface area contributed by atoms with Crippen molar-refractivity contribution in [2.45, 2.75) is 6.54 Å². The predicted octanol–water partition coefficient (Wildman–Crippen LogP) is 4.03. The Balaban J connectivity index is 2.10. The zero-order valence-corrected chi connectivity index (χ0v) is 10.7. The molecule has 3 rings (SSSR count). The zero-order valence-electron chi connectivity index (χ0n) is 9.86. The molecule has 5 heteroatoms. The fourth-order valence-corrected chi connectivity index (χ4v) is 2.34. The Morgan fingerprint density at radius 3 is 2.53 bits per heavy atom. The average Bonchev–Trinajstić information content (AvgIpc) is 2.71. The van der Waals surface area contributed by atoms with Crippen LogP contribution >= 0.6 is 12.2 Å². The molecular weight excluding hydrogens is 266 g/mol. The minimum Gasteiger partial charge on any atom is -0.328 e. The molecule has 0 spiro atoms. The molecule has 0 bridgehead atoms. The second-order valence-corrected chi connectivity index (χ2v) is 4.66. The second kappa shape index (κ2) is 4.59. The maximum atomic E-state index is 13.6. The van der Waals surface area contributed by atoms with E-state index >= 15 is 0 Å². The third-order valence-electron chi connectivity index (χ3n) is 3.01. The number of para-hydroxylation sites is 1. The quantitative estimate of drug-likeness (QED) is 0.701. The Bertz CT molecular complexity index is 787. The van der Waals surface area contributed by atoms with Crippen LogP contribution in [-0.4, -0.2) is 9.55 Å². The van der Waals surface area contributed by atoms with E-state index in [1.165, 1.54) is 18.2 Å². The molecule has 19 heavy (non-hydrogen) atoms. The molecule has 2 nitrogen and oxygen atoms in total. The van der Waals surface area contributed by atoms with Gasteiger partial charge in [-0.25, -0.2) is 8.78 Å². The van der Waals surface area contributed by atoms with Crippen LogP contribution in [-0.2, 0) is 6.54 Å². The van der Waals surface area contributed by atoms with Crippen LogP contribution in [0.15, 0.2) is 42.5 Å². The summed E-state index contributed by atoms with van der Waals surface area (Å²) in [4.78, 5) is 2.86. The van der Waals surface area contributed by atoms with E-state index in [0.29, 0.717) is 22.3 Å². The Morgan fingerprint density at radius 1 is 1.05 bits per heavy atom. The number of hydrogen-bond donors (Lipinski definition) is 1. The average molecular weight is 276 g/mol. The van der Waals surface area contributed by atoms with Crippen LogP contribution in [0.2, 0.25) is 0 Å². The van der Waals surface area contributed by atoms with Crippen LogP contribution in [0, 0.1) is 16.4 Å². The van der Waals surface area contributed by atoms with Gasteiger partial charge in [0, 0.05) is 0 Å². The summed E-state index contributed by atoms with van der Waals surface area (Å²) in [5, 5.41) is 0. The van der Waals surface area contributed by atoms with Gasteiger partial charge in [-0.15, -0.1) is 0 Å². The first-order chi connectivity index (χ1) is 9.15. The Morgan fingerprint density at radius 2 is 1.79 bits per heavy atom. The number of rotatable bonds is 2. The highest BCUT2D eigenvalue weighted by Gasteiger charge is 2.08. The molecule has 96 valence electrons. The van der Waals surface area contributed by atoms with Crippen molar-refractivity contribution < 1.29 is 8.78 Å². The number of benzene rings is 2. The summed E-state index contributed by atoms with van der Waals surface area (Å²) < 4.78 is 28.7. The number of nitrogens with zero attached hydrogens (tertiary/aromatic N) is 1. The topological polar surface area (TPSA) is 20.7 Å². The molecule has 2 aromatic carbocycles. The smallest absolute Gasteiger partial charge is 0.178 e. The van der Waals surface area contributed by atoms with Gasteiger partial charge in [-0.1, -0.05) is 18.2 Å². The highest BCUT2D eigenvalue weighted by Crippen LogP contribution is 2.18. The molecule has 0 aliphatic heterocycles. The molecule has 1 heterocycles. The molecule has 0 saturated carbocycles. The van der Waals surface area contributed by atoms with Gasteiger partial charge in [0.25, 0.3) is 0 Å². The normalized spacial score (nSPS) is 11.1. The van der Waals surface area contributed by atoms with Crippen LogP contribution in [0.4, 0.5) is 8.78 Å². The molecule has 1 N–H and O–H groups in total. The lowest BCUT2D eigenvalue weighted by atomic mass is 10.2. The third kappa shape index (κ3) is 2.17. The summed E-state index contributed by atoms with van der Waals surface area (Å²) in [6.07, 6.45) is 0. The first-order valence-electron chi connectivity index (χ1n) is 5.76. The molecule has 0 aliphatic rings. The number of H-pyrrole nitrogens is 1. The van der Waals surface area contributed by atoms with Crippen molar-refractivity contribution in [3.63, 3.8) is 0 Å². The van der Waals surface area contributed by atoms with Gasteiger partial charge in [0.15, 0.2) is 4.77 Å². The minimum atomic E-state index is -0.332. The van der Waals surface area contributed by atoms with Gasteiger partial charge in [0.1, 0.15) is 17.2 Å². The summed E-state index contributed by atoms with van der Waals surface area (Å²) in [5.74, 6) is -0.612. The predicted molar refractivity (Wildman–Crippen MR) is 72.6 cm³/mol. The number of fused-ring (bicyclic) bond motifs is 1. The van der Waals surface area contributed by atoms with Crippen molar-refractivity contribution in [1.29, 1.82) is 0 Å². The number of hydrogen-bond acceptors (Lipinski definition) is 1. The van der Waals surface area contributed by atoms with E-state index in [9.17, 15) is 8.78 Å². The van der Waals surface area contributed by atoms with Crippen LogP contribution in [0.5, 0.6) is 0 Å². The van der Waals surface area contributed by atoms with E-state index in [-0.39, 0.29) is 11.6 Å². The number of aromatic nitrogens is 2. The molecule has 0 radical (unpaired) electrons. The SMILES string of the molecule is Fc1ccc(Cn2c(=S)[nH]c3c(F)cccc32)cc1. The third-order valence-corrected chi connectivity index (χ3v) is 3.34. The van der Waals surface area contributed by atoms with Gasteiger partial charge >= 0.3 is 0 Å². The van der Waals surface area contributed by atoms with Crippen molar-refractivity contribution in [3.05, 3.63) is 64.4 Å². The van der Waals surface area contributed by atoms with Crippen molar-refractivity contribution in [2.75, 3.05) is 0 Å². The van der Waals surface area contributed by atoms with Gasteiger partial charge in [0.05, 0.1) is 12.1 Å². The Kier molecular flexibility index (Phi) is 2.91. The number of imidazole rings is 1. The lowest BCUT2D eigenvalue weighted by Gasteiger charge is -2.04. The lowest BCUT2D eigenvalue weighted by Crippen LogP contribution is -1.99. The highest BCUT2D eigenvalue weighted by molar-refractivity contribution is 7.71. The van der Waals surface area contributed by atoms with Gasteiger partial charge in [-0.05, 0) is 42.0 Å². The van der Waals surface area contributed by atoms with E-state index in [1.807, 2.05) is 0 Å². The van der Waals surface area contributed by atoms with Crippen LogP contribution < -0.4 is 0 Å².